The minimum Gasteiger partial charge on any atom is -0.0654 e. The first-order valence-electron chi connectivity index (χ1n) is 8.74. The van der Waals surface area contributed by atoms with Crippen molar-refractivity contribution in [2.45, 2.75) is 111 Å². The highest BCUT2D eigenvalue weighted by Crippen LogP contribution is 2.41. The van der Waals surface area contributed by atoms with E-state index in [1.54, 1.807) is 0 Å². The van der Waals surface area contributed by atoms with Crippen LogP contribution in [0.4, 0.5) is 0 Å². The van der Waals surface area contributed by atoms with Crippen molar-refractivity contribution >= 4 is 0 Å². The van der Waals surface area contributed by atoms with Gasteiger partial charge in [-0.25, -0.2) is 0 Å². The molecular weight excluding hydrogens is 216 g/mol. The van der Waals surface area contributed by atoms with Crippen molar-refractivity contribution in [3.05, 3.63) is 0 Å². The molecule has 0 N–H and O–H groups in total. The molecule has 0 amide bonds. The van der Waals surface area contributed by atoms with E-state index in [-0.39, 0.29) is 0 Å². The highest BCUT2D eigenvalue weighted by atomic mass is 14.3. The van der Waals surface area contributed by atoms with Crippen LogP contribution in [0, 0.1) is 5.41 Å². The first kappa shape index (κ1) is 18.0. The van der Waals surface area contributed by atoms with Crippen molar-refractivity contribution in [2.75, 3.05) is 0 Å². The molecule has 0 fully saturated rings. The number of hydrogen-bond donors (Lipinski definition) is 0. The summed E-state index contributed by atoms with van der Waals surface area (Å²) in [6.07, 6.45) is 18.7. The Kier molecular flexibility index (Phi) is 12.1. The minimum atomic E-state index is 0.703. The van der Waals surface area contributed by atoms with E-state index in [1.165, 1.54) is 83.5 Å². The van der Waals surface area contributed by atoms with Crippen LogP contribution in [0.1, 0.15) is 111 Å². The van der Waals surface area contributed by atoms with Crippen LogP contribution >= 0.6 is 0 Å². The lowest BCUT2D eigenvalue weighted by Gasteiger charge is -2.34. The maximum atomic E-state index is 2.38. The van der Waals surface area contributed by atoms with Crippen LogP contribution in [0.15, 0.2) is 0 Å². The molecule has 0 aliphatic heterocycles. The lowest BCUT2D eigenvalue weighted by molar-refractivity contribution is 0.178. The molecule has 0 heteroatoms. The molecule has 0 aliphatic rings. The maximum Gasteiger partial charge on any atom is -0.0298 e. The van der Waals surface area contributed by atoms with Crippen LogP contribution in [0.25, 0.3) is 0 Å². The van der Waals surface area contributed by atoms with Crippen molar-refractivity contribution in [2.24, 2.45) is 5.41 Å². The Morgan fingerprint density at radius 1 is 0.444 bits per heavy atom. The Hall–Kier alpha value is 0. The van der Waals surface area contributed by atoms with Gasteiger partial charge in [-0.1, -0.05) is 85.5 Å². The molecule has 0 aromatic heterocycles. The Morgan fingerprint density at radius 3 is 1.28 bits per heavy atom. The van der Waals surface area contributed by atoms with Gasteiger partial charge < -0.3 is 0 Å². The van der Waals surface area contributed by atoms with E-state index in [4.69, 9.17) is 0 Å². The van der Waals surface area contributed by atoms with Crippen LogP contribution < -0.4 is 0 Å². The molecule has 0 aliphatic carbocycles. The zero-order valence-corrected chi connectivity index (χ0v) is 13.7. The highest BCUT2D eigenvalue weighted by molar-refractivity contribution is 4.79. The molecule has 0 saturated heterocycles. The van der Waals surface area contributed by atoms with E-state index in [2.05, 4.69) is 27.7 Å². The van der Waals surface area contributed by atoms with Gasteiger partial charge in [0.1, 0.15) is 0 Å². The van der Waals surface area contributed by atoms with Crippen molar-refractivity contribution in [3.63, 3.8) is 0 Å². The molecule has 0 bridgehead atoms. The normalized spacial score (nSPS) is 12.0. The van der Waals surface area contributed by atoms with Crippen LogP contribution in [0.2, 0.25) is 0 Å². The minimum absolute atomic E-state index is 0.703. The quantitative estimate of drug-likeness (QED) is 0.307. The summed E-state index contributed by atoms with van der Waals surface area (Å²) < 4.78 is 0. The predicted molar refractivity (Wildman–Crippen MR) is 85.2 cm³/mol. The zero-order valence-electron chi connectivity index (χ0n) is 13.7. The number of unbranched alkanes of at least 4 members (excludes halogenated alkanes) is 5. The van der Waals surface area contributed by atoms with Crippen LogP contribution in [-0.2, 0) is 0 Å². The first-order valence-corrected chi connectivity index (χ1v) is 8.74. The van der Waals surface area contributed by atoms with Gasteiger partial charge in [-0.15, -0.1) is 0 Å². The van der Waals surface area contributed by atoms with Gasteiger partial charge in [0.15, 0.2) is 0 Å². The Bertz CT molecular complexity index is 149. The molecular formula is C18H38. The maximum absolute atomic E-state index is 2.38. The largest absolute Gasteiger partial charge is 0.0654 e. The van der Waals surface area contributed by atoms with Gasteiger partial charge in [-0.3, -0.25) is 0 Å². The van der Waals surface area contributed by atoms with Gasteiger partial charge in [-0.05, 0) is 31.1 Å². The lowest BCUT2D eigenvalue weighted by Crippen LogP contribution is -2.21. The molecule has 0 spiro atoms. The van der Waals surface area contributed by atoms with E-state index in [9.17, 15) is 0 Å². The standard InChI is InChI=1S/C18H38/c1-5-9-12-16-18(14-8-4,15-11-7-3)17-13-10-6-2/h5-17H2,1-4H3. The van der Waals surface area contributed by atoms with E-state index in [0.29, 0.717) is 5.41 Å². The predicted octanol–water partition coefficient (Wildman–Crippen LogP) is 7.12. The second-order valence-corrected chi connectivity index (χ2v) is 6.27. The molecule has 0 aromatic carbocycles. The fourth-order valence-electron chi connectivity index (χ4n) is 3.33. The first-order chi connectivity index (χ1) is 8.74. The molecule has 0 saturated carbocycles. The third-order valence-corrected chi connectivity index (χ3v) is 4.46. The van der Waals surface area contributed by atoms with E-state index in [0.717, 1.165) is 0 Å². The van der Waals surface area contributed by atoms with Gasteiger partial charge >= 0.3 is 0 Å². The molecule has 0 nitrogen and oxygen atoms in total. The fourth-order valence-corrected chi connectivity index (χ4v) is 3.33. The topological polar surface area (TPSA) is 0 Å². The summed E-state index contributed by atoms with van der Waals surface area (Å²) in [5.74, 6) is 0. The number of rotatable bonds is 13. The zero-order chi connectivity index (χ0) is 13.7. The van der Waals surface area contributed by atoms with Crippen molar-refractivity contribution in [1.82, 2.24) is 0 Å². The van der Waals surface area contributed by atoms with Gasteiger partial charge in [0, 0.05) is 0 Å². The Morgan fingerprint density at radius 2 is 0.889 bits per heavy atom. The second-order valence-electron chi connectivity index (χ2n) is 6.27. The third-order valence-electron chi connectivity index (χ3n) is 4.46. The Balaban J connectivity index is 4.34. The average Bonchev–Trinajstić information content (AvgIpc) is 2.37. The van der Waals surface area contributed by atoms with Crippen molar-refractivity contribution in [3.8, 4) is 0 Å². The van der Waals surface area contributed by atoms with E-state index < -0.39 is 0 Å². The fraction of sp³-hybridized carbons (Fsp3) is 1.00. The summed E-state index contributed by atoms with van der Waals surface area (Å²) in [7, 11) is 0. The highest BCUT2D eigenvalue weighted by Gasteiger charge is 2.27. The van der Waals surface area contributed by atoms with E-state index in [1.807, 2.05) is 0 Å². The van der Waals surface area contributed by atoms with Gasteiger partial charge in [0.05, 0.1) is 0 Å². The van der Waals surface area contributed by atoms with Crippen LogP contribution in [-0.4, -0.2) is 0 Å². The molecule has 18 heavy (non-hydrogen) atoms. The molecule has 110 valence electrons. The molecule has 0 unspecified atom stereocenters. The second kappa shape index (κ2) is 12.1. The van der Waals surface area contributed by atoms with E-state index >= 15 is 0 Å². The molecule has 0 radical (unpaired) electrons. The molecule has 0 rings (SSSR count). The van der Waals surface area contributed by atoms with Gasteiger partial charge in [0.2, 0.25) is 0 Å². The molecule has 0 atom stereocenters. The number of hydrogen-bond acceptors (Lipinski definition) is 0. The Labute approximate surface area is 117 Å². The summed E-state index contributed by atoms with van der Waals surface area (Å²) in [5, 5.41) is 0. The average molecular weight is 255 g/mol. The monoisotopic (exact) mass is 254 g/mol. The summed E-state index contributed by atoms with van der Waals surface area (Å²) >= 11 is 0. The smallest absolute Gasteiger partial charge is 0.0298 e. The summed E-state index contributed by atoms with van der Waals surface area (Å²) in [4.78, 5) is 0. The van der Waals surface area contributed by atoms with Gasteiger partial charge in [-0.2, -0.15) is 0 Å². The van der Waals surface area contributed by atoms with Crippen LogP contribution in [0.5, 0.6) is 0 Å². The summed E-state index contributed by atoms with van der Waals surface area (Å²) in [6, 6.07) is 0. The summed E-state index contributed by atoms with van der Waals surface area (Å²) in [5.41, 5.74) is 0.703. The molecule has 0 aromatic rings. The SMILES string of the molecule is CCCCCC(CCC)(CCCC)CCCCC. The molecule has 0 heterocycles. The third kappa shape index (κ3) is 8.16. The lowest BCUT2D eigenvalue weighted by atomic mass is 9.71. The van der Waals surface area contributed by atoms with Crippen molar-refractivity contribution < 1.29 is 0 Å². The summed E-state index contributed by atoms with van der Waals surface area (Å²) in [6.45, 7) is 9.37. The van der Waals surface area contributed by atoms with Crippen molar-refractivity contribution in [1.29, 1.82) is 0 Å². The van der Waals surface area contributed by atoms with Gasteiger partial charge in [0.25, 0.3) is 0 Å². The van der Waals surface area contributed by atoms with Crippen LogP contribution in [0.3, 0.4) is 0 Å².